The van der Waals surface area contributed by atoms with E-state index in [9.17, 15) is 24.6 Å². The molecule has 1 fully saturated rings. The van der Waals surface area contributed by atoms with Crippen molar-refractivity contribution in [2.45, 2.75) is 103 Å². The van der Waals surface area contributed by atoms with E-state index in [-0.39, 0.29) is 24.2 Å². The van der Waals surface area contributed by atoms with Crippen LogP contribution in [0.1, 0.15) is 96.8 Å². The minimum atomic E-state index is -1.09. The molecule has 172 valence electrons. The Morgan fingerprint density at radius 2 is 1.90 bits per heavy atom. The molecule has 0 aromatic heterocycles. The number of carboxylic acids is 1. The molecule has 1 aliphatic rings. The fourth-order valence-corrected chi connectivity index (χ4v) is 4.06. The number of rotatable bonds is 17. The zero-order valence-electron chi connectivity index (χ0n) is 18.6. The molecule has 0 radical (unpaired) electrons. The van der Waals surface area contributed by atoms with Gasteiger partial charge in [-0.3, -0.25) is 9.59 Å². The zero-order valence-corrected chi connectivity index (χ0v) is 18.6. The van der Waals surface area contributed by atoms with Crippen LogP contribution < -0.4 is 10.4 Å². The first-order valence-electron chi connectivity index (χ1n) is 11.8. The van der Waals surface area contributed by atoms with Crippen LogP contribution in [0.3, 0.4) is 0 Å². The summed E-state index contributed by atoms with van der Waals surface area (Å²) >= 11 is 0. The van der Waals surface area contributed by atoms with Gasteiger partial charge in [-0.25, -0.2) is 0 Å². The Bertz CT molecular complexity index is 546. The molecule has 6 nitrogen and oxygen atoms in total. The van der Waals surface area contributed by atoms with Crippen LogP contribution >= 0.6 is 0 Å². The molecule has 0 bridgehead atoms. The van der Waals surface area contributed by atoms with E-state index in [0.717, 1.165) is 64.2 Å². The van der Waals surface area contributed by atoms with E-state index in [1.54, 1.807) is 0 Å². The van der Waals surface area contributed by atoms with Crippen LogP contribution in [0.25, 0.3) is 0 Å². The van der Waals surface area contributed by atoms with Gasteiger partial charge in [-0.2, -0.15) is 0 Å². The number of ketones is 1. The number of hydrogen-bond acceptors (Lipinski definition) is 5. The number of aliphatic hydroxyl groups is 1. The first-order chi connectivity index (χ1) is 14.4. The van der Waals surface area contributed by atoms with Gasteiger partial charge in [0.2, 0.25) is 5.91 Å². The predicted molar refractivity (Wildman–Crippen MR) is 115 cm³/mol. The van der Waals surface area contributed by atoms with Crippen molar-refractivity contribution in [1.29, 1.82) is 0 Å². The Morgan fingerprint density at radius 1 is 1.13 bits per heavy atom. The number of unbranched alkanes of at least 4 members (excludes halogenated alkanes) is 5. The maximum absolute atomic E-state index is 12.2. The average molecular weight is 423 g/mol. The van der Waals surface area contributed by atoms with E-state index >= 15 is 0 Å². The highest BCUT2D eigenvalue weighted by atomic mass is 16.4. The van der Waals surface area contributed by atoms with Crippen LogP contribution in [-0.4, -0.2) is 35.4 Å². The number of hydrogen-bond donors (Lipinski definition) is 2. The summed E-state index contributed by atoms with van der Waals surface area (Å²) in [4.78, 5) is 34.2. The quantitative estimate of drug-likeness (QED) is 0.277. The summed E-state index contributed by atoms with van der Waals surface area (Å²) in [5.74, 6) is -0.449. The number of carbonyl (C=O) groups excluding carboxylic acids is 3. The van der Waals surface area contributed by atoms with Crippen molar-refractivity contribution >= 4 is 17.7 Å². The summed E-state index contributed by atoms with van der Waals surface area (Å²) in [6.07, 6.45) is 14.6. The van der Waals surface area contributed by atoms with E-state index < -0.39 is 12.1 Å². The number of Topliss-reactive ketones (excluding diaryl/α,β-unsaturated/α-hetero) is 1. The Hall–Kier alpha value is -1.69. The third-order valence-electron chi connectivity index (χ3n) is 5.89. The summed E-state index contributed by atoms with van der Waals surface area (Å²) in [5, 5.41) is 23.1. The maximum Gasteiger partial charge on any atom is 0.219 e. The van der Waals surface area contributed by atoms with Crippen LogP contribution in [0.15, 0.2) is 12.2 Å². The van der Waals surface area contributed by atoms with Gasteiger partial charge in [0.25, 0.3) is 0 Å². The number of carbonyl (C=O) groups is 3. The van der Waals surface area contributed by atoms with Gasteiger partial charge in [0.05, 0.1) is 6.10 Å². The lowest BCUT2D eigenvalue weighted by molar-refractivity contribution is -0.305. The van der Waals surface area contributed by atoms with Gasteiger partial charge in [0.1, 0.15) is 5.78 Å². The predicted octanol–water partition coefficient (Wildman–Crippen LogP) is 3.07. The van der Waals surface area contributed by atoms with Crippen LogP contribution in [0.2, 0.25) is 0 Å². The van der Waals surface area contributed by atoms with E-state index in [1.165, 1.54) is 0 Å². The molecule has 30 heavy (non-hydrogen) atoms. The second-order valence-electron chi connectivity index (χ2n) is 8.50. The molecular formula is C24H40NO5-. The Labute approximate surface area is 181 Å². The molecular weight excluding hydrogens is 382 g/mol. The van der Waals surface area contributed by atoms with Gasteiger partial charge < -0.3 is 20.3 Å². The smallest absolute Gasteiger partial charge is 0.219 e. The highest BCUT2D eigenvalue weighted by Crippen LogP contribution is 2.34. The van der Waals surface area contributed by atoms with E-state index in [0.29, 0.717) is 31.6 Å². The minimum absolute atomic E-state index is 0.0336. The maximum atomic E-state index is 12.2. The van der Waals surface area contributed by atoms with E-state index in [2.05, 4.69) is 18.3 Å². The molecule has 0 spiro atoms. The highest BCUT2D eigenvalue weighted by molar-refractivity contribution is 5.83. The Kier molecular flexibility index (Phi) is 14.1. The Morgan fingerprint density at radius 3 is 2.63 bits per heavy atom. The molecule has 1 aliphatic carbocycles. The van der Waals surface area contributed by atoms with Crippen molar-refractivity contribution < 1.29 is 24.6 Å². The molecule has 1 rings (SSSR count). The van der Waals surface area contributed by atoms with Gasteiger partial charge >= 0.3 is 0 Å². The molecule has 1 amide bonds. The normalized spacial score (nSPS) is 20.0. The van der Waals surface area contributed by atoms with Gasteiger partial charge in [-0.15, -0.1) is 0 Å². The second kappa shape index (κ2) is 16.1. The molecule has 0 saturated heterocycles. The van der Waals surface area contributed by atoms with Gasteiger partial charge in [0.15, 0.2) is 0 Å². The van der Waals surface area contributed by atoms with Crippen LogP contribution in [0, 0.1) is 11.8 Å². The number of aliphatic hydroxyl groups excluding tert-OH is 1. The van der Waals surface area contributed by atoms with Crippen LogP contribution in [0.4, 0.5) is 0 Å². The SMILES string of the molecule is CCCCC[C@H](O)/C=C/[C@H]1CCC(=O)[C@@H]1CCCCCCC(=O)NCCCC(=O)[O-]. The number of allylic oxidation sites excluding steroid dienone is 1. The lowest BCUT2D eigenvalue weighted by atomic mass is 9.89. The molecule has 6 heteroatoms. The summed E-state index contributed by atoms with van der Waals surface area (Å²) in [5.41, 5.74) is 0. The van der Waals surface area contributed by atoms with Gasteiger partial charge in [-0.05, 0) is 44.4 Å². The summed E-state index contributed by atoms with van der Waals surface area (Å²) in [6.45, 7) is 2.52. The second-order valence-corrected chi connectivity index (χ2v) is 8.50. The van der Waals surface area contributed by atoms with Crippen molar-refractivity contribution in [3.05, 3.63) is 12.2 Å². The lowest BCUT2D eigenvalue weighted by Gasteiger charge is -2.15. The largest absolute Gasteiger partial charge is 0.550 e. The van der Waals surface area contributed by atoms with Crippen molar-refractivity contribution in [2.24, 2.45) is 11.8 Å². The third-order valence-corrected chi connectivity index (χ3v) is 5.89. The monoisotopic (exact) mass is 422 g/mol. The third kappa shape index (κ3) is 12.1. The molecule has 0 unspecified atom stereocenters. The number of carboxylic acid groups (broad SMARTS) is 1. The first-order valence-corrected chi connectivity index (χ1v) is 11.8. The fraction of sp³-hybridized carbons (Fsp3) is 0.792. The van der Waals surface area contributed by atoms with Crippen molar-refractivity contribution in [1.82, 2.24) is 5.32 Å². The highest BCUT2D eigenvalue weighted by Gasteiger charge is 2.32. The van der Waals surface area contributed by atoms with Crippen molar-refractivity contribution in [3.63, 3.8) is 0 Å². The molecule has 3 atom stereocenters. The molecule has 0 aliphatic heterocycles. The summed E-state index contributed by atoms with van der Waals surface area (Å²) in [7, 11) is 0. The van der Waals surface area contributed by atoms with E-state index in [1.807, 2.05) is 6.08 Å². The standard InChI is InChI=1S/C24H41NO5/c1-2-3-6-10-20(26)16-14-19-15-17-22(27)21(19)11-7-4-5-8-12-23(28)25-18-9-13-24(29)30/h14,16,19-21,26H,2-13,15,17-18H2,1H3,(H,25,28)(H,29,30)/p-1/b16-14+/t19-,20-,21+/m0/s1. The van der Waals surface area contributed by atoms with Crippen LogP contribution in [0.5, 0.6) is 0 Å². The van der Waals surface area contributed by atoms with Crippen molar-refractivity contribution in [2.75, 3.05) is 6.54 Å². The number of nitrogens with one attached hydrogen (secondary N) is 1. The van der Waals surface area contributed by atoms with Gasteiger partial charge in [0, 0.05) is 31.3 Å². The number of amides is 1. The Balaban J connectivity index is 2.16. The van der Waals surface area contributed by atoms with Crippen LogP contribution in [-0.2, 0) is 14.4 Å². The summed E-state index contributed by atoms with van der Waals surface area (Å²) < 4.78 is 0. The van der Waals surface area contributed by atoms with Gasteiger partial charge in [-0.1, -0.05) is 57.6 Å². The summed E-state index contributed by atoms with van der Waals surface area (Å²) in [6, 6.07) is 0. The fourth-order valence-electron chi connectivity index (χ4n) is 4.06. The lowest BCUT2D eigenvalue weighted by Crippen LogP contribution is -2.27. The van der Waals surface area contributed by atoms with Crippen molar-refractivity contribution in [3.8, 4) is 0 Å². The zero-order chi connectivity index (χ0) is 22.2. The number of aliphatic carboxylic acids is 1. The van der Waals surface area contributed by atoms with E-state index in [4.69, 9.17) is 0 Å². The molecule has 1 saturated carbocycles. The topological polar surface area (TPSA) is 107 Å². The molecule has 0 heterocycles. The minimum Gasteiger partial charge on any atom is -0.550 e. The molecule has 2 N–H and O–H groups in total. The molecule has 0 aromatic carbocycles. The molecule has 0 aromatic rings. The average Bonchev–Trinajstić information content (AvgIpc) is 3.06. The first kappa shape index (κ1) is 26.3.